The second-order valence-corrected chi connectivity index (χ2v) is 9.35. The molecule has 0 aromatic heterocycles. The van der Waals surface area contributed by atoms with Crippen LogP contribution in [0.1, 0.15) is 58.2 Å². The normalized spacial score (nSPS) is 13.9. The lowest BCUT2D eigenvalue weighted by Gasteiger charge is -2.18. The molecule has 0 fully saturated rings. The van der Waals surface area contributed by atoms with Gasteiger partial charge in [0.2, 0.25) is 5.78 Å². The minimum atomic E-state index is -0.641. The Hall–Kier alpha value is -4.06. The highest BCUT2D eigenvalue weighted by atomic mass is 16.5. The van der Waals surface area contributed by atoms with Gasteiger partial charge in [-0.1, -0.05) is 51.1 Å². The third-order valence-electron chi connectivity index (χ3n) is 5.86. The van der Waals surface area contributed by atoms with Crippen LogP contribution in [0.4, 0.5) is 0 Å². The number of carbonyl (C=O) groups excluding carboxylic acids is 2. The number of benzene rings is 3. The highest BCUT2D eigenvalue weighted by molar-refractivity contribution is 6.15. The van der Waals surface area contributed by atoms with Crippen molar-refractivity contribution in [1.29, 1.82) is 0 Å². The molecule has 4 rings (SSSR count). The molecular formula is C29H28O6. The second kappa shape index (κ2) is 9.29. The summed E-state index contributed by atoms with van der Waals surface area (Å²) < 4.78 is 22.1. The highest BCUT2D eigenvalue weighted by Crippen LogP contribution is 2.38. The zero-order chi connectivity index (χ0) is 25.3. The number of carbonyl (C=O) groups is 2. The lowest BCUT2D eigenvalue weighted by molar-refractivity contribution is 0.0727. The number of methoxy groups -OCH3 is 2. The molecule has 0 saturated carbocycles. The summed E-state index contributed by atoms with van der Waals surface area (Å²) >= 11 is 0. The molecular weight excluding hydrogens is 444 g/mol. The first-order chi connectivity index (χ1) is 16.6. The fraction of sp³-hybridized carbons (Fsp3) is 0.241. The van der Waals surface area contributed by atoms with Gasteiger partial charge in [0.05, 0.1) is 19.8 Å². The Morgan fingerprint density at radius 3 is 2.14 bits per heavy atom. The maximum Gasteiger partial charge on any atom is 0.351 e. The summed E-state index contributed by atoms with van der Waals surface area (Å²) in [5, 5.41) is 0. The van der Waals surface area contributed by atoms with E-state index in [4.69, 9.17) is 18.9 Å². The van der Waals surface area contributed by atoms with E-state index in [1.807, 2.05) is 24.3 Å². The van der Waals surface area contributed by atoms with Gasteiger partial charge in [-0.3, -0.25) is 4.79 Å². The Bertz CT molecular complexity index is 1300. The monoisotopic (exact) mass is 472 g/mol. The molecule has 0 saturated heterocycles. The van der Waals surface area contributed by atoms with Crippen LogP contribution in [0.25, 0.3) is 6.08 Å². The van der Waals surface area contributed by atoms with Crippen LogP contribution in [0.2, 0.25) is 0 Å². The first-order valence-electron chi connectivity index (χ1n) is 11.2. The molecule has 0 radical (unpaired) electrons. The third kappa shape index (κ3) is 4.78. The molecule has 3 aromatic carbocycles. The molecule has 0 aliphatic carbocycles. The van der Waals surface area contributed by atoms with Gasteiger partial charge in [-0.25, -0.2) is 4.79 Å². The van der Waals surface area contributed by atoms with E-state index in [0.717, 1.165) is 5.56 Å². The number of ketones is 1. The SMILES string of the molecule is COc1cccc(OC)c1C(=O)Oc1cc(C)c2c(c1)O/C(=C\c1ccc(C(C)(C)C)cc1)C2=O. The van der Waals surface area contributed by atoms with Gasteiger partial charge in [0.1, 0.15) is 28.6 Å². The van der Waals surface area contributed by atoms with E-state index in [1.54, 1.807) is 43.3 Å². The van der Waals surface area contributed by atoms with Crippen LogP contribution in [-0.2, 0) is 5.41 Å². The number of aryl methyl sites for hydroxylation is 1. The van der Waals surface area contributed by atoms with E-state index < -0.39 is 5.97 Å². The van der Waals surface area contributed by atoms with Gasteiger partial charge in [-0.2, -0.15) is 0 Å². The van der Waals surface area contributed by atoms with Crippen LogP contribution in [0.3, 0.4) is 0 Å². The average molecular weight is 473 g/mol. The van der Waals surface area contributed by atoms with Gasteiger partial charge >= 0.3 is 5.97 Å². The van der Waals surface area contributed by atoms with Crippen molar-refractivity contribution in [2.24, 2.45) is 0 Å². The molecule has 3 aromatic rings. The van der Waals surface area contributed by atoms with Crippen LogP contribution >= 0.6 is 0 Å². The predicted octanol–water partition coefficient (Wildman–Crippen LogP) is 6.15. The van der Waals surface area contributed by atoms with E-state index in [2.05, 4.69) is 20.8 Å². The minimum Gasteiger partial charge on any atom is -0.496 e. The quantitative estimate of drug-likeness (QED) is 0.252. The summed E-state index contributed by atoms with van der Waals surface area (Å²) in [6.45, 7) is 8.23. The van der Waals surface area contributed by atoms with Gasteiger partial charge in [-0.15, -0.1) is 0 Å². The van der Waals surface area contributed by atoms with Crippen molar-refractivity contribution in [1.82, 2.24) is 0 Å². The van der Waals surface area contributed by atoms with Crippen LogP contribution in [0.15, 0.2) is 60.4 Å². The first kappa shape index (κ1) is 24.1. The summed E-state index contributed by atoms with van der Waals surface area (Å²) in [4.78, 5) is 26.0. The Kier molecular flexibility index (Phi) is 6.39. The maximum absolute atomic E-state index is 13.0. The van der Waals surface area contributed by atoms with Gasteiger partial charge in [0.25, 0.3) is 0 Å². The molecule has 0 spiro atoms. The Morgan fingerprint density at radius 1 is 0.943 bits per heavy atom. The summed E-state index contributed by atoms with van der Waals surface area (Å²) in [5.41, 5.74) is 3.38. The number of rotatable bonds is 5. The van der Waals surface area contributed by atoms with Crippen molar-refractivity contribution in [3.05, 3.63) is 88.2 Å². The third-order valence-corrected chi connectivity index (χ3v) is 5.86. The molecule has 35 heavy (non-hydrogen) atoms. The van der Waals surface area contributed by atoms with E-state index >= 15 is 0 Å². The molecule has 6 nitrogen and oxygen atoms in total. The average Bonchev–Trinajstić information content (AvgIpc) is 3.13. The molecule has 1 aliphatic heterocycles. The van der Waals surface area contributed by atoms with Crippen molar-refractivity contribution in [3.8, 4) is 23.0 Å². The van der Waals surface area contributed by atoms with Crippen LogP contribution in [0.5, 0.6) is 23.0 Å². The first-order valence-corrected chi connectivity index (χ1v) is 11.2. The number of esters is 1. The van der Waals surface area contributed by atoms with E-state index in [9.17, 15) is 9.59 Å². The largest absolute Gasteiger partial charge is 0.496 e. The molecule has 6 heteroatoms. The molecule has 0 N–H and O–H groups in total. The van der Waals surface area contributed by atoms with Crippen molar-refractivity contribution in [2.75, 3.05) is 14.2 Å². The molecule has 180 valence electrons. The molecule has 0 amide bonds. The summed E-state index contributed by atoms with van der Waals surface area (Å²) in [6.07, 6.45) is 1.72. The fourth-order valence-corrected chi connectivity index (χ4v) is 3.98. The Labute approximate surface area is 205 Å². The molecule has 0 atom stereocenters. The Morgan fingerprint density at radius 2 is 1.57 bits per heavy atom. The molecule has 1 aliphatic rings. The summed E-state index contributed by atoms with van der Waals surface area (Å²) in [7, 11) is 2.93. The predicted molar refractivity (Wildman–Crippen MR) is 134 cm³/mol. The van der Waals surface area contributed by atoms with E-state index in [-0.39, 0.29) is 28.3 Å². The van der Waals surface area contributed by atoms with Crippen molar-refractivity contribution in [2.45, 2.75) is 33.1 Å². The van der Waals surface area contributed by atoms with E-state index in [1.165, 1.54) is 19.8 Å². The summed E-state index contributed by atoms with van der Waals surface area (Å²) in [6, 6.07) is 16.2. The molecule has 1 heterocycles. The van der Waals surface area contributed by atoms with Crippen molar-refractivity contribution in [3.63, 3.8) is 0 Å². The van der Waals surface area contributed by atoms with Crippen molar-refractivity contribution >= 4 is 17.8 Å². The zero-order valence-electron chi connectivity index (χ0n) is 20.7. The fourth-order valence-electron chi connectivity index (χ4n) is 3.98. The van der Waals surface area contributed by atoms with Crippen LogP contribution < -0.4 is 18.9 Å². The number of ether oxygens (including phenoxy) is 4. The lowest BCUT2D eigenvalue weighted by atomic mass is 9.86. The summed E-state index contributed by atoms with van der Waals surface area (Å²) in [5.74, 6) is 0.647. The van der Waals surface area contributed by atoms with Gasteiger partial charge in [-0.05, 0) is 53.3 Å². The number of hydrogen-bond acceptors (Lipinski definition) is 6. The van der Waals surface area contributed by atoms with E-state index in [0.29, 0.717) is 28.4 Å². The second-order valence-electron chi connectivity index (χ2n) is 9.35. The lowest BCUT2D eigenvalue weighted by Crippen LogP contribution is -2.12. The highest BCUT2D eigenvalue weighted by Gasteiger charge is 2.31. The minimum absolute atomic E-state index is 0.0420. The topological polar surface area (TPSA) is 71.1 Å². The number of fused-ring (bicyclic) bond motifs is 1. The Balaban J connectivity index is 1.60. The standard InChI is InChI=1S/C29H28O6/c1-17-14-20(34-28(31)26-21(32-5)8-7-9-22(26)33-6)16-23-25(17)27(30)24(35-23)15-18-10-12-19(13-11-18)29(2,3)4/h7-16H,1-6H3/b24-15-. The zero-order valence-corrected chi connectivity index (χ0v) is 20.7. The number of allylic oxidation sites excluding steroid dienone is 1. The van der Waals surface area contributed by atoms with Gasteiger partial charge in [0, 0.05) is 6.07 Å². The molecule has 0 unspecified atom stereocenters. The number of Topliss-reactive ketones (excluding diaryl/α,β-unsaturated/α-hetero) is 1. The smallest absolute Gasteiger partial charge is 0.351 e. The maximum atomic E-state index is 13.0. The number of hydrogen-bond donors (Lipinski definition) is 0. The van der Waals surface area contributed by atoms with Crippen LogP contribution in [-0.4, -0.2) is 26.0 Å². The molecule has 0 bridgehead atoms. The van der Waals surface area contributed by atoms with Crippen LogP contribution in [0, 0.1) is 6.92 Å². The van der Waals surface area contributed by atoms with Gasteiger partial charge in [0.15, 0.2) is 5.76 Å². The van der Waals surface area contributed by atoms with Crippen molar-refractivity contribution < 1.29 is 28.5 Å². The van der Waals surface area contributed by atoms with Gasteiger partial charge < -0.3 is 18.9 Å².